The van der Waals surface area contributed by atoms with Crippen LogP contribution in [0.1, 0.15) is 11.4 Å². The molecule has 2 aromatic rings. The molecule has 76 valence electrons. The molecule has 0 fully saturated rings. The molecule has 0 saturated carbocycles. The van der Waals surface area contributed by atoms with Crippen molar-refractivity contribution in [3.63, 3.8) is 0 Å². The van der Waals surface area contributed by atoms with Crippen molar-refractivity contribution >= 4 is 23.0 Å². The summed E-state index contributed by atoms with van der Waals surface area (Å²) < 4.78 is 0. The second-order valence-electron chi connectivity index (χ2n) is 2.89. The Kier molecular flexibility index (Phi) is 2.34. The average Bonchev–Trinajstić information content (AvgIpc) is 2.65. The van der Waals surface area contributed by atoms with E-state index in [9.17, 15) is 5.11 Å². The van der Waals surface area contributed by atoms with Gasteiger partial charge < -0.3 is 10.8 Å². The highest BCUT2D eigenvalue weighted by Gasteiger charge is 2.12. The number of H-pyrrole nitrogens is 1. The van der Waals surface area contributed by atoms with Gasteiger partial charge in [-0.05, 0) is 12.1 Å². The minimum absolute atomic E-state index is 0.109. The lowest BCUT2D eigenvalue weighted by atomic mass is 10.1. The fourth-order valence-corrected chi connectivity index (χ4v) is 1.43. The summed E-state index contributed by atoms with van der Waals surface area (Å²) in [5.74, 6) is 0.615. The number of aromatic hydroxyl groups is 1. The van der Waals surface area contributed by atoms with Crippen LogP contribution in [0.5, 0.6) is 5.75 Å². The number of rotatable bonds is 2. The van der Waals surface area contributed by atoms with E-state index in [2.05, 4.69) is 15.2 Å². The molecule has 0 aliphatic rings. The van der Waals surface area contributed by atoms with Crippen molar-refractivity contribution in [2.24, 2.45) is 0 Å². The Morgan fingerprint density at radius 3 is 2.73 bits per heavy atom. The first-order valence-electron chi connectivity index (χ1n) is 4.19. The molecule has 5 nitrogen and oxygen atoms in total. The number of thiocarbonyl (C=S) groups is 1. The third kappa shape index (κ3) is 1.79. The Hall–Kier alpha value is -1.95. The fraction of sp³-hybridized carbons (Fsp3) is 0. The molecule has 2 rings (SSSR count). The normalized spacial score (nSPS) is 10.1. The van der Waals surface area contributed by atoms with Gasteiger partial charge in [-0.15, -0.1) is 5.10 Å². The number of nitrogens with one attached hydrogen (secondary N) is 1. The van der Waals surface area contributed by atoms with Gasteiger partial charge in [-0.3, -0.25) is 5.10 Å². The van der Waals surface area contributed by atoms with Crippen molar-refractivity contribution in [3.05, 3.63) is 35.7 Å². The molecule has 0 spiro atoms. The summed E-state index contributed by atoms with van der Waals surface area (Å²) in [7, 11) is 0. The molecule has 1 aromatic carbocycles. The van der Waals surface area contributed by atoms with E-state index in [1.807, 2.05) is 0 Å². The van der Waals surface area contributed by atoms with Gasteiger partial charge in [0.05, 0.1) is 4.86 Å². The summed E-state index contributed by atoms with van der Waals surface area (Å²) in [6.45, 7) is 0. The Bertz CT molecular complexity index is 508. The summed E-state index contributed by atoms with van der Waals surface area (Å²) in [5.41, 5.74) is 5.89. The summed E-state index contributed by atoms with van der Waals surface area (Å²) in [6, 6.07) is 6.76. The minimum Gasteiger partial charge on any atom is -0.507 e. The van der Waals surface area contributed by atoms with Crippen molar-refractivity contribution in [1.29, 1.82) is 0 Å². The van der Waals surface area contributed by atoms with Gasteiger partial charge >= 0.3 is 0 Å². The first kappa shape index (κ1) is 9.60. The summed E-state index contributed by atoms with van der Waals surface area (Å²) >= 11 is 5.14. The molecular formula is C9H8N4OS. The number of nitrogen functional groups attached to an aromatic ring is 1. The monoisotopic (exact) mass is 220 g/mol. The maximum absolute atomic E-state index is 9.57. The lowest BCUT2D eigenvalue weighted by Gasteiger charge is -2.02. The summed E-state index contributed by atoms with van der Waals surface area (Å²) in [5, 5.41) is 15.8. The maximum Gasteiger partial charge on any atom is 0.239 e. The number of nitrogens with zero attached hydrogens (tertiary/aromatic N) is 2. The van der Waals surface area contributed by atoms with Crippen LogP contribution in [0, 0.1) is 0 Å². The quantitative estimate of drug-likeness (QED) is 0.516. The van der Waals surface area contributed by atoms with E-state index < -0.39 is 0 Å². The number of phenols is 1. The highest BCUT2D eigenvalue weighted by Crippen LogP contribution is 2.19. The van der Waals surface area contributed by atoms with Crippen LogP contribution in [0.15, 0.2) is 24.3 Å². The highest BCUT2D eigenvalue weighted by molar-refractivity contribution is 7.81. The molecule has 6 heteroatoms. The molecule has 15 heavy (non-hydrogen) atoms. The zero-order chi connectivity index (χ0) is 10.8. The molecule has 0 aliphatic carbocycles. The van der Waals surface area contributed by atoms with Crippen molar-refractivity contribution in [2.75, 3.05) is 5.73 Å². The van der Waals surface area contributed by atoms with E-state index in [0.29, 0.717) is 16.3 Å². The molecule has 0 bridgehead atoms. The van der Waals surface area contributed by atoms with Gasteiger partial charge in [0.15, 0.2) is 5.82 Å². The topological polar surface area (TPSA) is 87.8 Å². The number of nitrogens with two attached hydrogens (primary N) is 1. The number of hydrogen-bond donors (Lipinski definition) is 3. The van der Waals surface area contributed by atoms with Crippen LogP contribution in [0.2, 0.25) is 0 Å². The molecule has 1 heterocycles. The van der Waals surface area contributed by atoms with E-state index >= 15 is 0 Å². The number of anilines is 1. The van der Waals surface area contributed by atoms with Gasteiger partial charge in [0.1, 0.15) is 5.75 Å². The van der Waals surface area contributed by atoms with Gasteiger partial charge in [0.25, 0.3) is 0 Å². The Balaban J connectivity index is 2.41. The number of benzene rings is 1. The van der Waals surface area contributed by atoms with E-state index in [4.69, 9.17) is 18.0 Å². The third-order valence-corrected chi connectivity index (χ3v) is 2.28. The summed E-state index contributed by atoms with van der Waals surface area (Å²) in [4.78, 5) is 4.27. The SMILES string of the molecule is Nc1n[nH]c(C(=S)c2ccccc2O)n1. The van der Waals surface area contributed by atoms with Crippen LogP contribution >= 0.6 is 12.2 Å². The number of hydrogen-bond acceptors (Lipinski definition) is 5. The Morgan fingerprint density at radius 1 is 1.40 bits per heavy atom. The zero-order valence-electron chi connectivity index (χ0n) is 7.64. The predicted molar refractivity (Wildman–Crippen MR) is 59.7 cm³/mol. The molecule has 0 atom stereocenters. The number of para-hydroxylation sites is 1. The lowest BCUT2D eigenvalue weighted by molar-refractivity contribution is 0.474. The molecule has 0 aliphatic heterocycles. The summed E-state index contributed by atoms with van der Waals surface area (Å²) in [6.07, 6.45) is 0. The molecule has 0 saturated heterocycles. The third-order valence-electron chi connectivity index (χ3n) is 1.87. The molecule has 0 radical (unpaired) electrons. The molecular weight excluding hydrogens is 212 g/mol. The van der Waals surface area contributed by atoms with Crippen molar-refractivity contribution in [2.45, 2.75) is 0 Å². The van der Waals surface area contributed by atoms with E-state index in [1.54, 1.807) is 24.3 Å². The standard InChI is InChI=1S/C9H8N4OS/c10-9-11-8(12-13-9)7(15)5-3-1-2-4-6(5)14/h1-4,14H,(H3,10,11,12,13). The fourth-order valence-electron chi connectivity index (χ4n) is 1.17. The van der Waals surface area contributed by atoms with Crippen LogP contribution in [0.3, 0.4) is 0 Å². The predicted octanol–water partition coefficient (Wildman–Crippen LogP) is 0.859. The van der Waals surface area contributed by atoms with Crippen LogP contribution in [-0.4, -0.2) is 25.2 Å². The van der Waals surface area contributed by atoms with E-state index in [-0.39, 0.29) is 11.7 Å². The number of aromatic amines is 1. The molecule has 0 unspecified atom stereocenters. The van der Waals surface area contributed by atoms with Crippen LogP contribution in [0.25, 0.3) is 0 Å². The van der Waals surface area contributed by atoms with Crippen molar-refractivity contribution in [1.82, 2.24) is 15.2 Å². The zero-order valence-corrected chi connectivity index (χ0v) is 8.45. The van der Waals surface area contributed by atoms with Gasteiger partial charge in [-0.25, -0.2) is 0 Å². The van der Waals surface area contributed by atoms with E-state index in [1.165, 1.54) is 0 Å². The van der Waals surface area contributed by atoms with Gasteiger partial charge in [-0.1, -0.05) is 24.4 Å². The Morgan fingerprint density at radius 2 is 2.13 bits per heavy atom. The van der Waals surface area contributed by atoms with Crippen molar-refractivity contribution < 1.29 is 5.11 Å². The van der Waals surface area contributed by atoms with Gasteiger partial charge in [0, 0.05) is 5.56 Å². The second-order valence-corrected chi connectivity index (χ2v) is 3.30. The lowest BCUT2D eigenvalue weighted by Crippen LogP contribution is -2.02. The van der Waals surface area contributed by atoms with Crippen LogP contribution in [0.4, 0.5) is 5.95 Å². The number of phenolic OH excluding ortho intramolecular Hbond substituents is 1. The minimum atomic E-state index is 0.109. The second kappa shape index (κ2) is 3.66. The average molecular weight is 220 g/mol. The highest BCUT2D eigenvalue weighted by atomic mass is 32.1. The molecule has 0 amide bonds. The Labute approximate surface area is 91.0 Å². The first-order valence-corrected chi connectivity index (χ1v) is 4.60. The first-order chi connectivity index (χ1) is 7.18. The van der Waals surface area contributed by atoms with E-state index in [0.717, 1.165) is 0 Å². The number of aromatic nitrogens is 3. The molecule has 4 N–H and O–H groups in total. The van der Waals surface area contributed by atoms with Crippen molar-refractivity contribution in [3.8, 4) is 5.75 Å². The van der Waals surface area contributed by atoms with Crippen LogP contribution in [-0.2, 0) is 0 Å². The van der Waals surface area contributed by atoms with Gasteiger partial charge in [0.2, 0.25) is 5.95 Å². The smallest absolute Gasteiger partial charge is 0.239 e. The maximum atomic E-state index is 9.57. The molecule has 1 aromatic heterocycles. The van der Waals surface area contributed by atoms with Gasteiger partial charge in [-0.2, -0.15) is 4.98 Å². The largest absolute Gasteiger partial charge is 0.507 e. The van der Waals surface area contributed by atoms with Crippen LogP contribution < -0.4 is 5.73 Å².